The van der Waals surface area contributed by atoms with E-state index in [1.807, 2.05) is 32.0 Å². The van der Waals surface area contributed by atoms with Crippen LogP contribution < -0.4 is 10.5 Å². The molecule has 0 saturated heterocycles. The Morgan fingerprint density at radius 1 is 1.35 bits per heavy atom. The SMILES string of the molecule is COc1ccc(-c2nc(C)oc2CN)cc1C. The highest BCUT2D eigenvalue weighted by atomic mass is 16.5. The van der Waals surface area contributed by atoms with Gasteiger partial charge in [0.25, 0.3) is 0 Å². The molecule has 0 amide bonds. The molecule has 0 unspecified atom stereocenters. The van der Waals surface area contributed by atoms with Gasteiger partial charge in [0.15, 0.2) is 5.89 Å². The standard InChI is InChI=1S/C13H16N2O2/c1-8-6-10(4-5-11(8)16-3)13-12(7-14)17-9(2)15-13/h4-6H,7,14H2,1-3H3. The first-order chi connectivity index (χ1) is 8.15. The van der Waals surface area contributed by atoms with Crippen LogP contribution in [0, 0.1) is 13.8 Å². The number of aryl methyl sites for hydroxylation is 2. The first-order valence-corrected chi connectivity index (χ1v) is 5.47. The minimum absolute atomic E-state index is 0.348. The van der Waals surface area contributed by atoms with Crippen molar-refractivity contribution in [1.29, 1.82) is 0 Å². The van der Waals surface area contributed by atoms with E-state index in [0.717, 1.165) is 22.6 Å². The quantitative estimate of drug-likeness (QED) is 0.882. The lowest BCUT2D eigenvalue weighted by Crippen LogP contribution is -1.97. The molecule has 1 heterocycles. The van der Waals surface area contributed by atoms with Crippen LogP contribution >= 0.6 is 0 Å². The zero-order valence-corrected chi connectivity index (χ0v) is 10.3. The van der Waals surface area contributed by atoms with Gasteiger partial charge in [0.2, 0.25) is 0 Å². The van der Waals surface area contributed by atoms with E-state index in [2.05, 4.69) is 4.98 Å². The summed E-state index contributed by atoms with van der Waals surface area (Å²) in [7, 11) is 1.66. The highest BCUT2D eigenvalue weighted by Crippen LogP contribution is 2.28. The predicted molar refractivity (Wildman–Crippen MR) is 65.9 cm³/mol. The molecule has 90 valence electrons. The summed E-state index contributed by atoms with van der Waals surface area (Å²) in [4.78, 5) is 4.36. The second-order valence-corrected chi connectivity index (χ2v) is 3.89. The number of hydrogen-bond donors (Lipinski definition) is 1. The maximum atomic E-state index is 5.64. The molecular formula is C13H16N2O2. The summed E-state index contributed by atoms with van der Waals surface area (Å²) in [6.45, 7) is 4.16. The Morgan fingerprint density at radius 2 is 2.12 bits per heavy atom. The molecule has 2 N–H and O–H groups in total. The van der Waals surface area contributed by atoms with Gasteiger partial charge in [-0.15, -0.1) is 0 Å². The van der Waals surface area contributed by atoms with Gasteiger partial charge in [0.1, 0.15) is 17.2 Å². The summed E-state index contributed by atoms with van der Waals surface area (Å²) in [6, 6.07) is 5.91. The molecule has 1 aromatic heterocycles. The number of methoxy groups -OCH3 is 1. The smallest absolute Gasteiger partial charge is 0.191 e. The minimum Gasteiger partial charge on any atom is -0.496 e. The number of aromatic nitrogens is 1. The van der Waals surface area contributed by atoms with Crippen molar-refractivity contribution in [2.24, 2.45) is 5.73 Å². The zero-order valence-electron chi connectivity index (χ0n) is 10.3. The monoisotopic (exact) mass is 232 g/mol. The molecule has 0 spiro atoms. The summed E-state index contributed by atoms with van der Waals surface area (Å²) in [5, 5.41) is 0. The normalized spacial score (nSPS) is 10.6. The van der Waals surface area contributed by atoms with E-state index in [0.29, 0.717) is 18.2 Å². The molecular weight excluding hydrogens is 216 g/mol. The Labute approximate surface area is 100 Å². The number of benzene rings is 1. The second kappa shape index (κ2) is 4.59. The fraction of sp³-hybridized carbons (Fsp3) is 0.308. The third-order valence-electron chi connectivity index (χ3n) is 2.66. The molecule has 0 aliphatic rings. The highest BCUT2D eigenvalue weighted by Gasteiger charge is 2.12. The first-order valence-electron chi connectivity index (χ1n) is 5.47. The highest BCUT2D eigenvalue weighted by molar-refractivity contribution is 5.63. The van der Waals surface area contributed by atoms with E-state index in [4.69, 9.17) is 14.9 Å². The lowest BCUT2D eigenvalue weighted by molar-refractivity contribution is 0.412. The topological polar surface area (TPSA) is 61.3 Å². The Morgan fingerprint density at radius 3 is 2.71 bits per heavy atom. The third kappa shape index (κ3) is 2.17. The van der Waals surface area contributed by atoms with Crippen molar-refractivity contribution in [2.45, 2.75) is 20.4 Å². The van der Waals surface area contributed by atoms with Gasteiger partial charge in [-0.25, -0.2) is 4.98 Å². The number of rotatable bonds is 3. The van der Waals surface area contributed by atoms with Gasteiger partial charge in [-0.05, 0) is 30.7 Å². The van der Waals surface area contributed by atoms with Crippen molar-refractivity contribution in [3.05, 3.63) is 35.4 Å². The Balaban J connectivity index is 2.49. The summed E-state index contributed by atoms with van der Waals surface area (Å²) in [5.74, 6) is 2.21. The van der Waals surface area contributed by atoms with Crippen molar-refractivity contribution in [2.75, 3.05) is 7.11 Å². The molecule has 0 bridgehead atoms. The molecule has 4 heteroatoms. The van der Waals surface area contributed by atoms with E-state index in [1.165, 1.54) is 0 Å². The van der Waals surface area contributed by atoms with Crippen LogP contribution in [-0.2, 0) is 6.54 Å². The van der Waals surface area contributed by atoms with Gasteiger partial charge in [0, 0.05) is 12.5 Å². The number of nitrogens with two attached hydrogens (primary N) is 1. The average molecular weight is 232 g/mol. The Kier molecular flexibility index (Phi) is 3.15. The van der Waals surface area contributed by atoms with Crippen LogP contribution in [0.3, 0.4) is 0 Å². The molecule has 0 saturated carbocycles. The van der Waals surface area contributed by atoms with Crippen LogP contribution in [0.4, 0.5) is 0 Å². The van der Waals surface area contributed by atoms with E-state index in [1.54, 1.807) is 7.11 Å². The van der Waals surface area contributed by atoms with Gasteiger partial charge >= 0.3 is 0 Å². The lowest BCUT2D eigenvalue weighted by atomic mass is 10.1. The van der Waals surface area contributed by atoms with Crippen molar-refractivity contribution >= 4 is 0 Å². The maximum absolute atomic E-state index is 5.64. The largest absolute Gasteiger partial charge is 0.496 e. The van der Waals surface area contributed by atoms with Crippen LogP contribution in [0.2, 0.25) is 0 Å². The van der Waals surface area contributed by atoms with Crippen molar-refractivity contribution < 1.29 is 9.15 Å². The fourth-order valence-corrected chi connectivity index (χ4v) is 1.86. The first kappa shape index (κ1) is 11.7. The van der Waals surface area contributed by atoms with Gasteiger partial charge in [0.05, 0.1) is 13.7 Å². The molecule has 0 atom stereocenters. The molecule has 0 aliphatic carbocycles. The molecule has 4 nitrogen and oxygen atoms in total. The number of ether oxygens (including phenoxy) is 1. The van der Waals surface area contributed by atoms with E-state index >= 15 is 0 Å². The molecule has 0 aliphatic heterocycles. The molecule has 2 aromatic rings. The number of nitrogens with zero attached hydrogens (tertiary/aromatic N) is 1. The number of hydrogen-bond acceptors (Lipinski definition) is 4. The van der Waals surface area contributed by atoms with Gasteiger partial charge in [-0.2, -0.15) is 0 Å². The summed E-state index contributed by atoms with van der Waals surface area (Å²) < 4.78 is 10.7. The van der Waals surface area contributed by atoms with Gasteiger partial charge in [-0.1, -0.05) is 0 Å². The maximum Gasteiger partial charge on any atom is 0.191 e. The van der Waals surface area contributed by atoms with Crippen LogP contribution in [0.1, 0.15) is 17.2 Å². The predicted octanol–water partition coefficient (Wildman–Crippen LogP) is 2.43. The fourth-order valence-electron chi connectivity index (χ4n) is 1.86. The van der Waals surface area contributed by atoms with Crippen LogP contribution in [0.5, 0.6) is 5.75 Å². The summed E-state index contributed by atoms with van der Waals surface area (Å²) >= 11 is 0. The summed E-state index contributed by atoms with van der Waals surface area (Å²) in [5.41, 5.74) is 8.52. The van der Waals surface area contributed by atoms with E-state index < -0.39 is 0 Å². The average Bonchev–Trinajstić information content (AvgIpc) is 2.70. The second-order valence-electron chi connectivity index (χ2n) is 3.89. The van der Waals surface area contributed by atoms with Crippen molar-refractivity contribution in [3.8, 4) is 17.0 Å². The van der Waals surface area contributed by atoms with Crippen LogP contribution in [0.25, 0.3) is 11.3 Å². The van der Waals surface area contributed by atoms with E-state index in [9.17, 15) is 0 Å². The van der Waals surface area contributed by atoms with Crippen molar-refractivity contribution in [1.82, 2.24) is 4.98 Å². The van der Waals surface area contributed by atoms with E-state index in [-0.39, 0.29) is 0 Å². The third-order valence-corrected chi connectivity index (χ3v) is 2.66. The zero-order chi connectivity index (χ0) is 12.4. The molecule has 2 rings (SSSR count). The Hall–Kier alpha value is -1.81. The summed E-state index contributed by atoms with van der Waals surface area (Å²) in [6.07, 6.45) is 0. The molecule has 0 fully saturated rings. The minimum atomic E-state index is 0.348. The lowest BCUT2D eigenvalue weighted by Gasteiger charge is -2.06. The molecule has 1 aromatic carbocycles. The Bertz CT molecular complexity index is 532. The van der Waals surface area contributed by atoms with Gasteiger partial charge in [-0.3, -0.25) is 0 Å². The van der Waals surface area contributed by atoms with Gasteiger partial charge < -0.3 is 14.9 Å². The number of oxazole rings is 1. The van der Waals surface area contributed by atoms with Crippen LogP contribution in [-0.4, -0.2) is 12.1 Å². The van der Waals surface area contributed by atoms with Crippen molar-refractivity contribution in [3.63, 3.8) is 0 Å². The van der Waals surface area contributed by atoms with Crippen LogP contribution in [0.15, 0.2) is 22.6 Å². The molecule has 0 radical (unpaired) electrons. The molecule has 17 heavy (non-hydrogen) atoms.